The average Bonchev–Trinajstić information content (AvgIpc) is 3.08. The van der Waals surface area contributed by atoms with E-state index in [0.29, 0.717) is 0 Å². The molecule has 1 aromatic heterocycles. The average molecular weight is 579 g/mol. The number of aliphatic hydroxyl groups is 1. The van der Waals surface area contributed by atoms with Gasteiger partial charge in [0.2, 0.25) is 0 Å². The summed E-state index contributed by atoms with van der Waals surface area (Å²) in [5.74, 6) is 4.87. The molecule has 0 bridgehead atoms. The Hall–Kier alpha value is -2.16. The molecule has 0 aromatic carbocycles. The van der Waals surface area contributed by atoms with E-state index < -0.39 is 65.9 Å². The van der Waals surface area contributed by atoms with Gasteiger partial charge in [0, 0.05) is 12.6 Å². The number of amides is 1. The number of methoxy groups -OCH3 is 1. The Labute approximate surface area is 200 Å². The number of aliphatic hydroxyl groups excluding tert-OH is 1. The highest BCUT2D eigenvalue weighted by atomic mass is 31.3. The molecule has 1 fully saturated rings. The van der Waals surface area contributed by atoms with Gasteiger partial charge < -0.3 is 39.5 Å². The minimum absolute atomic E-state index is 0.188. The van der Waals surface area contributed by atoms with Gasteiger partial charge in [0.05, 0.1) is 26.4 Å². The molecule has 0 saturated carbocycles. The van der Waals surface area contributed by atoms with Crippen LogP contribution in [0.1, 0.15) is 18.2 Å². The van der Waals surface area contributed by atoms with Crippen molar-refractivity contribution in [3.63, 3.8) is 0 Å². The molecule has 1 saturated heterocycles. The fourth-order valence-corrected chi connectivity index (χ4v) is 5.65. The largest absolute Gasteiger partial charge is 0.490 e. The molecule has 202 valence electrons. The van der Waals surface area contributed by atoms with Crippen LogP contribution in [0.15, 0.2) is 15.8 Å². The van der Waals surface area contributed by atoms with E-state index in [-0.39, 0.29) is 18.5 Å². The lowest BCUT2D eigenvalue weighted by Gasteiger charge is -2.19. The molecular weight excluding hydrogens is 559 g/mol. The fraction of sp³-hybridized carbons (Fsp3) is 0.500. The predicted octanol–water partition coefficient (Wildman–Crippen LogP) is -1.76. The minimum atomic E-state index is -5.73. The molecule has 2 unspecified atom stereocenters. The number of rotatable bonds is 9. The van der Waals surface area contributed by atoms with E-state index >= 15 is 0 Å². The topological polar surface area (TPSA) is 282 Å². The van der Waals surface area contributed by atoms with Gasteiger partial charge in [0.1, 0.15) is 17.9 Å². The summed E-state index contributed by atoms with van der Waals surface area (Å²) in [7, 11) is -15.6. The minimum Gasteiger partial charge on any atom is -0.453 e. The number of alkyl carbamates (subject to hydrolysis) is 1. The van der Waals surface area contributed by atoms with E-state index in [4.69, 9.17) is 19.4 Å². The zero-order valence-electron chi connectivity index (χ0n) is 17.9. The first-order chi connectivity index (χ1) is 16.5. The Morgan fingerprint density at radius 2 is 1.89 bits per heavy atom. The molecule has 22 heteroatoms. The number of phosphoric ester groups is 1. The number of phosphoric acid groups is 3. The van der Waals surface area contributed by atoms with Crippen molar-refractivity contribution in [2.24, 2.45) is 0 Å². The Balaban J connectivity index is 2.08. The Bertz CT molecular complexity index is 1290. The van der Waals surface area contributed by atoms with Crippen molar-refractivity contribution in [1.29, 1.82) is 0 Å². The van der Waals surface area contributed by atoms with Gasteiger partial charge in [-0.15, -0.1) is 0 Å². The summed E-state index contributed by atoms with van der Waals surface area (Å²) in [5.41, 5.74) is -2.02. The summed E-state index contributed by atoms with van der Waals surface area (Å²) >= 11 is 0. The molecule has 36 heavy (non-hydrogen) atoms. The van der Waals surface area contributed by atoms with Crippen LogP contribution in [-0.4, -0.2) is 72.8 Å². The van der Waals surface area contributed by atoms with E-state index in [0.717, 1.165) is 17.9 Å². The summed E-state index contributed by atoms with van der Waals surface area (Å²) < 4.78 is 55.9. The SMILES string of the molecule is COC(=O)NCC#Cc1cn([C@H]2C[C@@H](O)[C@@H](COP(=O)(O)OP(=O)(O)OP(=O)(O)O)O2)c(=O)[nH]c1=O. The maximum absolute atomic E-state index is 12.2. The van der Waals surface area contributed by atoms with E-state index in [2.05, 4.69) is 35.0 Å². The smallest absolute Gasteiger partial charge is 0.453 e. The maximum Gasteiger partial charge on any atom is 0.490 e. The van der Waals surface area contributed by atoms with Crippen LogP contribution < -0.4 is 16.6 Å². The monoisotopic (exact) mass is 579 g/mol. The normalized spacial score (nSPS) is 23.1. The number of hydrogen-bond acceptors (Lipinski definition) is 12. The van der Waals surface area contributed by atoms with E-state index in [1.807, 2.05) is 4.98 Å². The molecule has 2 rings (SSSR count). The van der Waals surface area contributed by atoms with Crippen molar-refractivity contribution >= 4 is 29.6 Å². The van der Waals surface area contributed by atoms with Gasteiger partial charge >= 0.3 is 35.3 Å². The number of ether oxygens (including phenoxy) is 2. The summed E-state index contributed by atoms with van der Waals surface area (Å²) in [5, 5.41) is 12.4. The van der Waals surface area contributed by atoms with Crippen molar-refractivity contribution in [2.75, 3.05) is 20.3 Å². The lowest BCUT2D eigenvalue weighted by atomic mass is 10.2. The molecule has 19 nitrogen and oxygen atoms in total. The van der Waals surface area contributed by atoms with Crippen molar-refractivity contribution in [3.8, 4) is 11.8 Å². The summed E-state index contributed by atoms with van der Waals surface area (Å²) in [6.07, 6.45) is -4.09. The molecule has 1 aromatic rings. The first-order valence-electron chi connectivity index (χ1n) is 9.30. The van der Waals surface area contributed by atoms with Crippen LogP contribution in [0.5, 0.6) is 0 Å². The van der Waals surface area contributed by atoms with E-state index in [1.165, 1.54) is 0 Å². The molecule has 0 aliphatic carbocycles. The molecule has 5 atom stereocenters. The number of nitrogens with zero attached hydrogens (tertiary/aromatic N) is 1. The molecule has 0 spiro atoms. The maximum atomic E-state index is 12.2. The van der Waals surface area contributed by atoms with Crippen LogP contribution in [0.25, 0.3) is 0 Å². The van der Waals surface area contributed by atoms with Gasteiger partial charge in [-0.25, -0.2) is 23.3 Å². The fourth-order valence-electron chi connectivity index (χ4n) is 2.62. The summed E-state index contributed by atoms with van der Waals surface area (Å²) in [6.45, 7) is -1.14. The molecular formula is C14H20N3O16P3. The number of aromatic amines is 1. The zero-order chi connectivity index (χ0) is 27.3. The van der Waals surface area contributed by atoms with Gasteiger partial charge in [0.15, 0.2) is 0 Å². The molecule has 2 heterocycles. The third-order valence-electron chi connectivity index (χ3n) is 4.03. The van der Waals surface area contributed by atoms with Crippen LogP contribution in [0.2, 0.25) is 0 Å². The molecule has 7 N–H and O–H groups in total. The van der Waals surface area contributed by atoms with Gasteiger partial charge in [0.25, 0.3) is 5.56 Å². The highest BCUT2D eigenvalue weighted by Gasteiger charge is 2.43. The van der Waals surface area contributed by atoms with Crippen molar-refractivity contribution in [3.05, 3.63) is 32.6 Å². The molecule has 1 aliphatic rings. The van der Waals surface area contributed by atoms with Crippen LogP contribution in [0.3, 0.4) is 0 Å². The zero-order valence-corrected chi connectivity index (χ0v) is 20.6. The standard InChI is InChI=1S/C14H20N3O16P3/c1-29-14(21)15-4-2-3-8-6-17(13(20)16-12(8)19)11-5-9(18)10(31-11)7-30-35(25,26)33-36(27,28)32-34(22,23)24/h6,9-11,18H,4-5,7H2,1H3,(H,15,21)(H,25,26)(H,27,28)(H,16,19,20)(H2,22,23,24)/t9-,10-,11-/m1/s1. The van der Waals surface area contributed by atoms with Crippen LogP contribution in [-0.2, 0) is 36.3 Å². The van der Waals surface area contributed by atoms with Crippen LogP contribution in [0, 0.1) is 11.8 Å². The number of carbonyl (C=O) groups excluding carboxylic acids is 1. The van der Waals surface area contributed by atoms with Crippen LogP contribution >= 0.6 is 23.5 Å². The summed E-state index contributed by atoms with van der Waals surface area (Å²) in [4.78, 5) is 72.8. The second-order valence-electron chi connectivity index (χ2n) is 6.68. The lowest BCUT2D eigenvalue weighted by Crippen LogP contribution is -2.33. The lowest BCUT2D eigenvalue weighted by molar-refractivity contribution is -0.0450. The first-order valence-corrected chi connectivity index (χ1v) is 13.8. The Morgan fingerprint density at radius 1 is 1.22 bits per heavy atom. The number of carbonyl (C=O) groups is 1. The van der Waals surface area contributed by atoms with Gasteiger partial charge in [-0.1, -0.05) is 11.8 Å². The Morgan fingerprint density at radius 3 is 2.50 bits per heavy atom. The van der Waals surface area contributed by atoms with Crippen molar-refractivity contribution < 1.29 is 65.8 Å². The molecule has 1 amide bonds. The van der Waals surface area contributed by atoms with Gasteiger partial charge in [-0.05, 0) is 0 Å². The van der Waals surface area contributed by atoms with Crippen molar-refractivity contribution in [2.45, 2.75) is 24.9 Å². The van der Waals surface area contributed by atoms with Crippen LogP contribution in [0.4, 0.5) is 4.79 Å². The van der Waals surface area contributed by atoms with Crippen molar-refractivity contribution in [1.82, 2.24) is 14.9 Å². The second-order valence-corrected chi connectivity index (χ2v) is 11.1. The second kappa shape index (κ2) is 11.9. The number of hydrogen-bond donors (Lipinski definition) is 7. The number of H-pyrrole nitrogens is 1. The van der Waals surface area contributed by atoms with E-state index in [9.17, 15) is 38.1 Å². The highest BCUT2D eigenvalue weighted by Crippen LogP contribution is 2.66. The number of nitrogens with one attached hydrogen (secondary N) is 2. The highest BCUT2D eigenvalue weighted by molar-refractivity contribution is 7.66. The van der Waals surface area contributed by atoms with E-state index in [1.54, 1.807) is 0 Å². The first kappa shape index (κ1) is 30.1. The third kappa shape index (κ3) is 9.37. The predicted molar refractivity (Wildman–Crippen MR) is 113 cm³/mol. The quantitative estimate of drug-likeness (QED) is 0.126. The van der Waals surface area contributed by atoms with Gasteiger partial charge in [-0.2, -0.15) is 8.62 Å². The molecule has 0 radical (unpaired) electrons. The molecule has 1 aliphatic heterocycles. The Kier molecular flexibility index (Phi) is 9.96. The summed E-state index contributed by atoms with van der Waals surface area (Å²) in [6, 6.07) is 0. The van der Waals surface area contributed by atoms with Gasteiger partial charge in [-0.3, -0.25) is 18.9 Å². The third-order valence-corrected chi connectivity index (χ3v) is 7.83. The number of aromatic nitrogens is 2.